The first-order chi connectivity index (χ1) is 27.0. The van der Waals surface area contributed by atoms with Gasteiger partial charge in [0.05, 0.1) is 6.10 Å². The van der Waals surface area contributed by atoms with Crippen molar-refractivity contribution in [1.29, 1.82) is 0 Å². The third kappa shape index (κ3) is 6.56. The minimum absolute atomic E-state index is 0.0747. The van der Waals surface area contributed by atoms with E-state index in [0.29, 0.717) is 45.6 Å². The van der Waals surface area contributed by atoms with Crippen molar-refractivity contribution in [2.45, 2.75) is 138 Å². The maximum Gasteiger partial charge on any atom is 0.334 e. The van der Waals surface area contributed by atoms with E-state index in [-0.39, 0.29) is 72.3 Å². The minimum Gasteiger partial charge on any atom is -0.464 e. The lowest BCUT2D eigenvalue weighted by molar-refractivity contribution is -0.169. The van der Waals surface area contributed by atoms with Crippen LogP contribution < -0.4 is 0 Å². The van der Waals surface area contributed by atoms with Crippen molar-refractivity contribution in [2.75, 3.05) is 64.8 Å². The number of piperazine rings is 1. The van der Waals surface area contributed by atoms with Crippen LogP contribution in [0.4, 0.5) is 0 Å². The molecule has 3 aliphatic carbocycles. The molecule has 10 atom stereocenters. The molecule has 9 aliphatic rings. The van der Waals surface area contributed by atoms with Crippen molar-refractivity contribution in [3.63, 3.8) is 0 Å². The van der Waals surface area contributed by atoms with Crippen LogP contribution in [-0.2, 0) is 52.3 Å². The number of carbonyl (C=O) groups excluding carboxylic acids is 4. The van der Waals surface area contributed by atoms with Crippen LogP contribution in [0.2, 0.25) is 0 Å². The van der Waals surface area contributed by atoms with Gasteiger partial charge in [-0.1, -0.05) is 48.8 Å². The zero-order valence-corrected chi connectivity index (χ0v) is 34.7. The Kier molecular flexibility index (Phi) is 10.8. The predicted molar refractivity (Wildman–Crippen MR) is 207 cm³/mol. The van der Waals surface area contributed by atoms with Crippen LogP contribution >= 0.6 is 21.6 Å². The Labute approximate surface area is 337 Å². The third-order valence-electron chi connectivity index (χ3n) is 14.8. The summed E-state index contributed by atoms with van der Waals surface area (Å²) >= 11 is 0. The number of unbranched alkanes of at least 4 members (excludes halogenated alkanes) is 1. The van der Waals surface area contributed by atoms with Crippen molar-refractivity contribution >= 4 is 45.5 Å². The van der Waals surface area contributed by atoms with Crippen LogP contribution in [0.1, 0.15) is 91.4 Å². The molecular formula is C41H58N2O11S2. The molecule has 6 heterocycles. The van der Waals surface area contributed by atoms with Gasteiger partial charge in [-0.2, -0.15) is 0 Å². The number of nitrogens with zero attached hydrogens (tertiary/aromatic N) is 2. The molecule has 7 fully saturated rings. The van der Waals surface area contributed by atoms with Crippen molar-refractivity contribution in [3.8, 4) is 0 Å². The fourth-order valence-corrected chi connectivity index (χ4v) is 14.6. The van der Waals surface area contributed by atoms with Crippen LogP contribution in [0.25, 0.3) is 0 Å². The fourth-order valence-electron chi connectivity index (χ4n) is 11.6. The lowest BCUT2D eigenvalue weighted by Crippen LogP contribution is -2.70. The van der Waals surface area contributed by atoms with Crippen molar-refractivity contribution in [3.05, 3.63) is 11.1 Å². The quantitative estimate of drug-likeness (QED) is 0.0677. The Morgan fingerprint density at radius 2 is 1.59 bits per heavy atom. The number of fused-ring (bicyclic) bond motifs is 4. The molecular weight excluding hydrogens is 761 g/mol. The molecule has 56 heavy (non-hydrogen) atoms. The molecule has 0 aromatic carbocycles. The highest BCUT2D eigenvalue weighted by molar-refractivity contribution is 8.77. The summed E-state index contributed by atoms with van der Waals surface area (Å²) in [7, 11) is 3.95. The van der Waals surface area contributed by atoms with E-state index in [9.17, 15) is 19.2 Å². The van der Waals surface area contributed by atoms with E-state index in [1.165, 1.54) is 18.6 Å². The largest absolute Gasteiger partial charge is 0.464 e. The van der Waals surface area contributed by atoms with E-state index in [0.717, 1.165) is 74.8 Å². The van der Waals surface area contributed by atoms with Gasteiger partial charge in [-0.05, 0) is 62.4 Å². The van der Waals surface area contributed by atoms with Crippen LogP contribution in [0.15, 0.2) is 11.1 Å². The zero-order valence-electron chi connectivity index (χ0n) is 33.1. The molecule has 13 nitrogen and oxygen atoms in total. The van der Waals surface area contributed by atoms with E-state index in [4.69, 9.17) is 33.2 Å². The number of carbonyl (C=O) groups is 4. The highest BCUT2D eigenvalue weighted by Crippen LogP contribution is 2.83. The molecule has 0 aromatic rings. The van der Waals surface area contributed by atoms with Gasteiger partial charge < -0.3 is 33.2 Å². The average molecular weight is 819 g/mol. The Morgan fingerprint density at radius 1 is 0.893 bits per heavy atom. The van der Waals surface area contributed by atoms with Gasteiger partial charge in [-0.3, -0.25) is 24.2 Å². The predicted octanol–water partition coefficient (Wildman–Crippen LogP) is 4.24. The summed E-state index contributed by atoms with van der Waals surface area (Å²) < 4.78 is 42.9. The van der Waals surface area contributed by atoms with Gasteiger partial charge in [0.25, 0.3) is 0 Å². The van der Waals surface area contributed by atoms with Gasteiger partial charge in [0.2, 0.25) is 0 Å². The molecule has 2 saturated carbocycles. The van der Waals surface area contributed by atoms with Crippen molar-refractivity contribution < 1.29 is 52.3 Å². The number of epoxide rings is 3. The van der Waals surface area contributed by atoms with Gasteiger partial charge >= 0.3 is 23.9 Å². The second kappa shape index (κ2) is 15.3. The first kappa shape index (κ1) is 39.6. The molecule has 2 spiro atoms. The summed E-state index contributed by atoms with van der Waals surface area (Å²) in [6.45, 7) is 12.4. The number of esters is 4. The van der Waals surface area contributed by atoms with Crippen LogP contribution in [0.3, 0.4) is 0 Å². The minimum atomic E-state index is -0.791. The summed E-state index contributed by atoms with van der Waals surface area (Å²) in [4.78, 5) is 55.4. The monoisotopic (exact) mass is 818 g/mol. The molecule has 0 bridgehead atoms. The van der Waals surface area contributed by atoms with Gasteiger partial charge in [-0.15, -0.1) is 0 Å². The standard InChI is InChI=1S/C41H58N2O11S2/c1-25(2)39-34(53-39)35-41(54-35)38(3)13-11-27-28(24-50-36(27)47)29(38)23-30-40(41,52-30)37(39)51-33(46)10-6-9-32(45)49-21-19-43-16-14-42(15-17-43)18-20-48-31(44)8-5-4-7-26-12-22-55-56-26/h25-26,29-30,34-35,37H,4-24H2,1-3H3/t26?,29-,30-,34-,35-,37+,38-,39-,40+,41+/m0/s1. The molecule has 0 radical (unpaired) electrons. The smallest absolute Gasteiger partial charge is 0.334 e. The lowest BCUT2D eigenvalue weighted by atomic mass is 9.46. The normalized spacial score (nSPS) is 40.4. The molecule has 0 amide bonds. The van der Waals surface area contributed by atoms with Crippen LogP contribution in [0.5, 0.6) is 0 Å². The molecule has 6 aliphatic heterocycles. The average Bonchev–Trinajstić information content (AvgIpc) is 4.12. The molecule has 0 N–H and O–H groups in total. The Hall–Kier alpha value is -1.88. The highest BCUT2D eigenvalue weighted by atomic mass is 33.1. The summed E-state index contributed by atoms with van der Waals surface area (Å²) in [6.07, 6.45) is 6.59. The second-order valence-electron chi connectivity index (χ2n) is 17.9. The maximum atomic E-state index is 13.5. The van der Waals surface area contributed by atoms with E-state index in [2.05, 4.69) is 30.6 Å². The fraction of sp³-hybridized carbons (Fsp3) is 0.854. The Balaban J connectivity index is 0.685. The number of rotatable bonds is 17. The molecule has 310 valence electrons. The molecule has 1 unspecified atom stereocenters. The van der Waals surface area contributed by atoms with E-state index < -0.39 is 22.9 Å². The second-order valence-corrected chi connectivity index (χ2v) is 20.7. The van der Waals surface area contributed by atoms with E-state index in [1.54, 1.807) is 0 Å². The van der Waals surface area contributed by atoms with Gasteiger partial charge in [0.1, 0.15) is 43.2 Å². The number of hydrogen-bond acceptors (Lipinski definition) is 15. The van der Waals surface area contributed by atoms with E-state index in [1.807, 2.05) is 21.6 Å². The molecule has 15 heteroatoms. The topological polar surface area (TPSA) is 149 Å². The first-order valence-corrected chi connectivity index (χ1v) is 23.6. The number of ether oxygens (including phenoxy) is 7. The van der Waals surface area contributed by atoms with Gasteiger partial charge in [0, 0.05) is 80.5 Å². The summed E-state index contributed by atoms with van der Waals surface area (Å²) in [5.41, 5.74) is -0.506. The third-order valence-corrected chi connectivity index (χ3v) is 17.8. The molecule has 5 saturated heterocycles. The number of hydrogen-bond donors (Lipinski definition) is 0. The lowest BCUT2D eigenvalue weighted by Gasteiger charge is -2.53. The summed E-state index contributed by atoms with van der Waals surface area (Å²) in [5, 5.41) is 0.756. The van der Waals surface area contributed by atoms with E-state index >= 15 is 0 Å². The first-order valence-electron chi connectivity index (χ1n) is 21.2. The zero-order chi connectivity index (χ0) is 38.9. The summed E-state index contributed by atoms with van der Waals surface area (Å²) in [5.74, 6) is 0.453. The SMILES string of the molecule is CC(C)[C@]12O[C@H]1[C@@H]1O[C@]13[C@]1(O[C@H]1C[C@H]1C4=C(CC[C@@]13C)C(=O)OC4)[C@@H]2OC(=O)CCCC(=O)OCCN1CCN(CCOC(=O)CCCCC2CCSS2)CC1. The maximum absolute atomic E-state index is 13.5. The molecule has 9 rings (SSSR count). The van der Waals surface area contributed by atoms with Gasteiger partial charge in [-0.25, -0.2) is 4.79 Å². The summed E-state index contributed by atoms with van der Waals surface area (Å²) in [6, 6.07) is 0. The van der Waals surface area contributed by atoms with Crippen molar-refractivity contribution in [2.24, 2.45) is 17.3 Å². The van der Waals surface area contributed by atoms with Gasteiger partial charge in [0.15, 0.2) is 11.7 Å². The number of cyclic esters (lactones) is 1. The van der Waals surface area contributed by atoms with Crippen LogP contribution in [-0.4, -0.2) is 145 Å². The van der Waals surface area contributed by atoms with Crippen molar-refractivity contribution in [1.82, 2.24) is 9.80 Å². The molecule has 0 aromatic heterocycles. The Morgan fingerprint density at radius 3 is 2.27 bits per heavy atom. The van der Waals surface area contributed by atoms with Crippen LogP contribution in [0, 0.1) is 17.3 Å². The highest BCUT2D eigenvalue weighted by Gasteiger charge is 3.01. The Bertz CT molecular complexity index is 1610.